The van der Waals surface area contributed by atoms with Crippen molar-refractivity contribution in [3.63, 3.8) is 0 Å². The van der Waals surface area contributed by atoms with Gasteiger partial charge >= 0.3 is 0 Å². The standard InChI is InChI=1S/C18H20FN3O4S/c1-25-16-9-13(15(22(23)24)10-17(16)26-2)7-8-20-18(27)21-11-12-3-5-14(19)6-4-12/h3-6,9-10H,7-8,11H2,1-2H3,(H2,20,21,27). The molecule has 2 N–H and O–H groups in total. The minimum Gasteiger partial charge on any atom is -0.493 e. The van der Waals surface area contributed by atoms with Crippen LogP contribution in [-0.2, 0) is 13.0 Å². The molecule has 7 nitrogen and oxygen atoms in total. The number of rotatable bonds is 8. The molecule has 0 saturated carbocycles. The summed E-state index contributed by atoms with van der Waals surface area (Å²) in [5.41, 5.74) is 1.35. The monoisotopic (exact) mass is 393 g/mol. The van der Waals surface area contributed by atoms with Crippen molar-refractivity contribution in [1.29, 1.82) is 0 Å². The number of nitrogens with one attached hydrogen (secondary N) is 2. The molecule has 0 atom stereocenters. The lowest BCUT2D eigenvalue weighted by molar-refractivity contribution is -0.385. The summed E-state index contributed by atoms with van der Waals surface area (Å²) in [4.78, 5) is 10.8. The van der Waals surface area contributed by atoms with Gasteiger partial charge in [-0.2, -0.15) is 0 Å². The lowest BCUT2D eigenvalue weighted by atomic mass is 10.1. The summed E-state index contributed by atoms with van der Waals surface area (Å²) in [5, 5.41) is 17.7. The second-order valence-electron chi connectivity index (χ2n) is 5.58. The Labute approximate surface area is 161 Å². The molecule has 0 aliphatic rings. The smallest absolute Gasteiger partial charge is 0.276 e. The van der Waals surface area contributed by atoms with Crippen molar-refractivity contribution in [1.82, 2.24) is 10.6 Å². The molecule has 0 saturated heterocycles. The van der Waals surface area contributed by atoms with Crippen molar-refractivity contribution < 1.29 is 18.8 Å². The van der Waals surface area contributed by atoms with E-state index in [1.807, 2.05) is 0 Å². The number of thiocarbonyl (C=S) groups is 1. The largest absolute Gasteiger partial charge is 0.493 e. The van der Waals surface area contributed by atoms with E-state index in [4.69, 9.17) is 21.7 Å². The number of nitrogens with zero attached hydrogens (tertiary/aromatic N) is 1. The summed E-state index contributed by atoms with van der Waals surface area (Å²) in [5.74, 6) is 0.434. The minimum absolute atomic E-state index is 0.0420. The van der Waals surface area contributed by atoms with Crippen LogP contribution in [0.15, 0.2) is 36.4 Å². The van der Waals surface area contributed by atoms with E-state index in [-0.39, 0.29) is 11.5 Å². The van der Waals surface area contributed by atoms with Crippen LogP contribution in [0.3, 0.4) is 0 Å². The molecular weight excluding hydrogens is 373 g/mol. The van der Waals surface area contributed by atoms with Gasteiger partial charge < -0.3 is 20.1 Å². The molecule has 2 aromatic rings. The maximum Gasteiger partial charge on any atom is 0.276 e. The Bertz CT molecular complexity index is 815. The molecule has 0 amide bonds. The Hall–Kier alpha value is -2.94. The van der Waals surface area contributed by atoms with E-state index in [9.17, 15) is 14.5 Å². The van der Waals surface area contributed by atoms with Crippen LogP contribution in [-0.4, -0.2) is 30.8 Å². The quantitative estimate of drug-likeness (QED) is 0.405. The van der Waals surface area contributed by atoms with E-state index in [1.165, 1.54) is 32.4 Å². The maximum atomic E-state index is 12.9. The Morgan fingerprint density at radius 3 is 2.37 bits per heavy atom. The number of halogens is 1. The van der Waals surface area contributed by atoms with E-state index in [2.05, 4.69) is 10.6 Å². The molecule has 0 heterocycles. The lowest BCUT2D eigenvalue weighted by Crippen LogP contribution is -2.35. The molecule has 2 aromatic carbocycles. The average Bonchev–Trinajstić information content (AvgIpc) is 2.66. The van der Waals surface area contributed by atoms with E-state index >= 15 is 0 Å². The van der Waals surface area contributed by atoms with Crippen molar-refractivity contribution in [2.45, 2.75) is 13.0 Å². The Morgan fingerprint density at radius 2 is 1.78 bits per heavy atom. The van der Waals surface area contributed by atoms with Gasteiger partial charge in [-0.15, -0.1) is 0 Å². The normalized spacial score (nSPS) is 10.2. The van der Waals surface area contributed by atoms with Gasteiger partial charge in [0.05, 0.1) is 25.2 Å². The van der Waals surface area contributed by atoms with Crippen LogP contribution in [0.25, 0.3) is 0 Å². The van der Waals surface area contributed by atoms with Gasteiger partial charge in [-0.05, 0) is 42.4 Å². The third kappa shape index (κ3) is 5.78. The van der Waals surface area contributed by atoms with Crippen LogP contribution < -0.4 is 20.1 Å². The van der Waals surface area contributed by atoms with Crippen LogP contribution >= 0.6 is 12.2 Å². The molecule has 0 aliphatic heterocycles. The first kappa shape index (κ1) is 20.4. The summed E-state index contributed by atoms with van der Waals surface area (Å²) in [6.45, 7) is 0.841. The van der Waals surface area contributed by atoms with Gasteiger partial charge in [0.15, 0.2) is 16.6 Å². The van der Waals surface area contributed by atoms with E-state index < -0.39 is 4.92 Å². The minimum atomic E-state index is -0.456. The van der Waals surface area contributed by atoms with Crippen LogP contribution in [0, 0.1) is 15.9 Å². The highest BCUT2D eigenvalue weighted by atomic mass is 32.1. The van der Waals surface area contributed by atoms with Crippen molar-refractivity contribution in [3.05, 3.63) is 63.5 Å². The Balaban J connectivity index is 1.92. The van der Waals surface area contributed by atoms with Crippen LogP contribution in [0.4, 0.5) is 10.1 Å². The zero-order valence-corrected chi connectivity index (χ0v) is 15.8. The summed E-state index contributed by atoms with van der Waals surface area (Å²) >= 11 is 5.19. The molecule has 0 spiro atoms. The first-order valence-corrected chi connectivity index (χ1v) is 8.51. The van der Waals surface area contributed by atoms with Gasteiger partial charge in [-0.3, -0.25) is 10.1 Å². The number of methoxy groups -OCH3 is 2. The Kier molecular flexibility index (Phi) is 7.30. The van der Waals surface area contributed by atoms with Gasteiger partial charge in [-0.25, -0.2) is 4.39 Å². The van der Waals surface area contributed by atoms with Crippen LogP contribution in [0.2, 0.25) is 0 Å². The van der Waals surface area contributed by atoms with E-state index in [1.54, 1.807) is 18.2 Å². The highest BCUT2D eigenvalue weighted by Crippen LogP contribution is 2.34. The molecule has 0 aromatic heterocycles. The third-order valence-electron chi connectivity index (χ3n) is 3.83. The summed E-state index contributed by atoms with van der Waals surface area (Å²) in [6.07, 6.45) is 0.370. The van der Waals surface area contributed by atoms with Crippen molar-refractivity contribution in [2.75, 3.05) is 20.8 Å². The molecule has 0 unspecified atom stereocenters. The molecule has 27 heavy (non-hydrogen) atoms. The maximum absolute atomic E-state index is 12.9. The summed E-state index contributed by atoms with van der Waals surface area (Å²) in [6, 6.07) is 9.02. The van der Waals surface area contributed by atoms with Gasteiger partial charge in [0, 0.05) is 18.7 Å². The van der Waals surface area contributed by atoms with Crippen molar-refractivity contribution in [2.24, 2.45) is 0 Å². The number of hydrogen-bond donors (Lipinski definition) is 2. The van der Waals surface area contributed by atoms with E-state index in [0.717, 1.165) is 5.56 Å². The third-order valence-corrected chi connectivity index (χ3v) is 4.12. The molecule has 0 fully saturated rings. The Morgan fingerprint density at radius 1 is 1.15 bits per heavy atom. The zero-order chi connectivity index (χ0) is 19.8. The predicted octanol–water partition coefficient (Wildman–Crippen LogP) is 2.96. The van der Waals surface area contributed by atoms with Crippen molar-refractivity contribution >= 4 is 23.0 Å². The molecule has 2 rings (SSSR count). The topological polar surface area (TPSA) is 85.7 Å². The molecule has 0 radical (unpaired) electrons. The fraction of sp³-hybridized carbons (Fsp3) is 0.278. The molecule has 9 heteroatoms. The SMILES string of the molecule is COc1cc(CCNC(=S)NCc2ccc(F)cc2)c([N+](=O)[O-])cc1OC. The summed E-state index contributed by atoms with van der Waals surface area (Å²) < 4.78 is 23.2. The number of nitro benzene ring substituents is 1. The van der Waals surface area contributed by atoms with Gasteiger partial charge in [0.25, 0.3) is 5.69 Å². The predicted molar refractivity (Wildman–Crippen MR) is 104 cm³/mol. The number of nitro groups is 1. The highest BCUT2D eigenvalue weighted by Gasteiger charge is 2.19. The fourth-order valence-corrected chi connectivity index (χ4v) is 2.61. The summed E-state index contributed by atoms with van der Waals surface area (Å²) in [7, 11) is 2.90. The highest BCUT2D eigenvalue weighted by molar-refractivity contribution is 7.80. The second kappa shape index (κ2) is 9.67. The molecule has 144 valence electrons. The first-order valence-electron chi connectivity index (χ1n) is 8.10. The molecular formula is C18H20FN3O4S. The molecule has 0 bridgehead atoms. The fourth-order valence-electron chi connectivity index (χ4n) is 2.44. The number of hydrogen-bond acceptors (Lipinski definition) is 5. The second-order valence-corrected chi connectivity index (χ2v) is 5.99. The number of ether oxygens (including phenoxy) is 2. The van der Waals surface area contributed by atoms with Gasteiger partial charge in [0.1, 0.15) is 5.82 Å². The van der Waals surface area contributed by atoms with E-state index in [0.29, 0.717) is 41.7 Å². The van der Waals surface area contributed by atoms with Gasteiger partial charge in [-0.1, -0.05) is 12.1 Å². The average molecular weight is 393 g/mol. The zero-order valence-electron chi connectivity index (χ0n) is 15.0. The van der Waals surface area contributed by atoms with Crippen LogP contribution in [0.1, 0.15) is 11.1 Å². The lowest BCUT2D eigenvalue weighted by Gasteiger charge is -2.12. The number of benzene rings is 2. The van der Waals surface area contributed by atoms with Gasteiger partial charge in [0.2, 0.25) is 0 Å². The molecule has 0 aliphatic carbocycles. The van der Waals surface area contributed by atoms with Crippen LogP contribution in [0.5, 0.6) is 11.5 Å². The first-order chi connectivity index (χ1) is 12.9. The van der Waals surface area contributed by atoms with Crippen molar-refractivity contribution in [3.8, 4) is 11.5 Å².